The standard InChI is InChI=1S/C25H28N4O5S/c1-16-14-25(2,3)29(15-16)22-18(11-12-19(27-22)17-8-5-6-9-20(17)34-4)23(30)28-35(32,33)21-10-7-13-26-24(21)31/h5-13,16H,14-15H2,1-4H3,(H,26,31)(H,28,30)/t16-/m0/s1. The number of nitrogens with one attached hydrogen (secondary N) is 2. The Bertz CT molecular complexity index is 1430. The van der Waals surface area contributed by atoms with E-state index in [4.69, 9.17) is 9.72 Å². The van der Waals surface area contributed by atoms with Crippen LogP contribution in [-0.4, -0.2) is 43.5 Å². The normalized spacial score (nSPS) is 17.3. The van der Waals surface area contributed by atoms with Crippen LogP contribution in [0.2, 0.25) is 0 Å². The van der Waals surface area contributed by atoms with E-state index in [1.165, 1.54) is 12.3 Å². The highest BCUT2D eigenvalue weighted by Gasteiger charge is 2.39. The number of methoxy groups -OCH3 is 1. The van der Waals surface area contributed by atoms with Gasteiger partial charge in [0, 0.05) is 23.8 Å². The smallest absolute Gasteiger partial charge is 0.269 e. The summed E-state index contributed by atoms with van der Waals surface area (Å²) in [5, 5.41) is 0. The van der Waals surface area contributed by atoms with Crippen LogP contribution in [0.3, 0.4) is 0 Å². The van der Waals surface area contributed by atoms with Gasteiger partial charge in [-0.25, -0.2) is 18.1 Å². The van der Waals surface area contributed by atoms with E-state index in [9.17, 15) is 18.0 Å². The third-order valence-corrected chi connectivity index (χ3v) is 7.48. The zero-order valence-corrected chi connectivity index (χ0v) is 20.8. The Morgan fingerprint density at radius 3 is 2.57 bits per heavy atom. The summed E-state index contributed by atoms with van der Waals surface area (Å²) < 4.78 is 33.2. The minimum atomic E-state index is -4.40. The summed E-state index contributed by atoms with van der Waals surface area (Å²) in [6.07, 6.45) is 2.20. The second kappa shape index (κ2) is 9.18. The van der Waals surface area contributed by atoms with E-state index in [1.54, 1.807) is 19.2 Å². The molecule has 0 unspecified atom stereocenters. The highest BCUT2D eigenvalue weighted by atomic mass is 32.2. The SMILES string of the molecule is COc1ccccc1-c1ccc(C(=O)NS(=O)(=O)c2ccc[nH]c2=O)c(N2C[C@@H](C)CC2(C)C)n1. The molecule has 0 bridgehead atoms. The van der Waals surface area contributed by atoms with Gasteiger partial charge in [0.25, 0.3) is 21.5 Å². The lowest BCUT2D eigenvalue weighted by Crippen LogP contribution is -2.41. The van der Waals surface area contributed by atoms with Crippen molar-refractivity contribution in [2.75, 3.05) is 18.6 Å². The number of pyridine rings is 2. The van der Waals surface area contributed by atoms with Crippen molar-refractivity contribution in [2.24, 2.45) is 5.92 Å². The van der Waals surface area contributed by atoms with Crippen molar-refractivity contribution in [1.29, 1.82) is 0 Å². The van der Waals surface area contributed by atoms with Crippen LogP contribution in [-0.2, 0) is 10.0 Å². The van der Waals surface area contributed by atoms with Crippen molar-refractivity contribution in [3.8, 4) is 17.0 Å². The lowest BCUT2D eigenvalue weighted by molar-refractivity contribution is 0.0981. The molecular weight excluding hydrogens is 468 g/mol. The van der Waals surface area contributed by atoms with E-state index in [1.807, 2.05) is 33.9 Å². The first-order chi connectivity index (χ1) is 16.5. The zero-order valence-electron chi connectivity index (χ0n) is 20.0. The summed E-state index contributed by atoms with van der Waals surface area (Å²) in [5.41, 5.74) is 0.313. The van der Waals surface area contributed by atoms with Crippen LogP contribution in [0.25, 0.3) is 11.3 Å². The number of nitrogens with zero attached hydrogens (tertiary/aromatic N) is 2. The molecule has 35 heavy (non-hydrogen) atoms. The first kappa shape index (κ1) is 24.5. The molecule has 0 radical (unpaired) electrons. The van der Waals surface area contributed by atoms with Gasteiger partial charge < -0.3 is 14.6 Å². The van der Waals surface area contributed by atoms with Gasteiger partial charge in [0.1, 0.15) is 11.6 Å². The van der Waals surface area contributed by atoms with E-state index in [0.717, 1.165) is 18.1 Å². The van der Waals surface area contributed by atoms with Crippen LogP contribution in [0, 0.1) is 5.92 Å². The predicted molar refractivity (Wildman–Crippen MR) is 133 cm³/mol. The van der Waals surface area contributed by atoms with Gasteiger partial charge in [0.15, 0.2) is 4.90 Å². The molecule has 2 N–H and O–H groups in total. The van der Waals surface area contributed by atoms with Crippen LogP contribution in [0.15, 0.2) is 64.4 Å². The number of aromatic amines is 1. The molecule has 1 aromatic carbocycles. The number of rotatable bonds is 6. The second-order valence-electron chi connectivity index (χ2n) is 9.30. The Labute approximate surface area is 204 Å². The van der Waals surface area contributed by atoms with Gasteiger partial charge in [-0.05, 0) is 62.6 Å². The molecule has 1 saturated heterocycles. The summed E-state index contributed by atoms with van der Waals surface area (Å²) in [6, 6.07) is 13.1. The Morgan fingerprint density at radius 2 is 1.91 bits per heavy atom. The molecule has 3 heterocycles. The number of hydrogen-bond acceptors (Lipinski definition) is 7. The molecule has 1 fully saturated rings. The molecule has 1 amide bonds. The monoisotopic (exact) mass is 496 g/mol. The van der Waals surface area contributed by atoms with Gasteiger partial charge in [0.05, 0.1) is 18.4 Å². The quantitative estimate of drug-likeness (QED) is 0.537. The highest BCUT2D eigenvalue weighted by molar-refractivity contribution is 7.90. The molecule has 1 aliphatic rings. The summed E-state index contributed by atoms with van der Waals surface area (Å²) in [6.45, 7) is 6.91. The number of sulfonamides is 1. The Balaban J connectivity index is 1.81. The summed E-state index contributed by atoms with van der Waals surface area (Å²) in [7, 11) is -2.83. The van der Waals surface area contributed by atoms with Crippen LogP contribution in [0.5, 0.6) is 5.75 Å². The largest absolute Gasteiger partial charge is 0.496 e. The molecule has 1 atom stereocenters. The van der Waals surface area contributed by atoms with Crippen LogP contribution in [0.1, 0.15) is 37.6 Å². The van der Waals surface area contributed by atoms with Crippen molar-refractivity contribution < 1.29 is 17.9 Å². The van der Waals surface area contributed by atoms with E-state index in [2.05, 4.69) is 25.8 Å². The second-order valence-corrected chi connectivity index (χ2v) is 10.9. The summed E-state index contributed by atoms with van der Waals surface area (Å²) >= 11 is 0. The van der Waals surface area contributed by atoms with Gasteiger partial charge >= 0.3 is 0 Å². The molecule has 4 rings (SSSR count). The van der Waals surface area contributed by atoms with Crippen molar-refractivity contribution in [2.45, 2.75) is 37.6 Å². The number of amides is 1. The van der Waals surface area contributed by atoms with Crippen LogP contribution >= 0.6 is 0 Å². The average molecular weight is 497 g/mol. The first-order valence-electron chi connectivity index (χ1n) is 11.2. The van der Waals surface area contributed by atoms with Crippen molar-refractivity contribution in [3.63, 3.8) is 0 Å². The molecule has 0 aliphatic carbocycles. The van der Waals surface area contributed by atoms with E-state index in [0.29, 0.717) is 29.7 Å². The first-order valence-corrected chi connectivity index (χ1v) is 12.7. The molecule has 3 aromatic rings. The van der Waals surface area contributed by atoms with Gasteiger partial charge in [-0.1, -0.05) is 19.1 Å². The lowest BCUT2D eigenvalue weighted by atomic mass is 9.97. The number of ether oxygens (including phenoxy) is 1. The van der Waals surface area contributed by atoms with Gasteiger partial charge in [-0.15, -0.1) is 0 Å². The number of anilines is 1. The number of para-hydroxylation sites is 1. The molecule has 0 spiro atoms. The maximum absolute atomic E-state index is 13.3. The van der Waals surface area contributed by atoms with E-state index in [-0.39, 0.29) is 11.1 Å². The van der Waals surface area contributed by atoms with Gasteiger partial charge in [0.2, 0.25) is 0 Å². The maximum Gasteiger partial charge on any atom is 0.269 e. The fraction of sp³-hybridized carbons (Fsp3) is 0.320. The fourth-order valence-corrected chi connectivity index (χ4v) is 5.67. The number of benzene rings is 1. The highest BCUT2D eigenvalue weighted by Crippen LogP contribution is 2.39. The third kappa shape index (κ3) is 4.79. The number of aromatic nitrogens is 2. The molecule has 1 aliphatic heterocycles. The molecule has 2 aromatic heterocycles. The maximum atomic E-state index is 13.3. The topological polar surface area (TPSA) is 121 Å². The van der Waals surface area contributed by atoms with Gasteiger partial charge in [-0.2, -0.15) is 0 Å². The molecular formula is C25H28N4O5S. The predicted octanol–water partition coefficient (Wildman–Crippen LogP) is 3.19. The summed E-state index contributed by atoms with van der Waals surface area (Å²) in [5.74, 6) is 0.488. The van der Waals surface area contributed by atoms with E-state index >= 15 is 0 Å². The van der Waals surface area contributed by atoms with Crippen LogP contribution in [0.4, 0.5) is 5.82 Å². The molecule has 0 saturated carbocycles. The average Bonchev–Trinajstić information content (AvgIpc) is 3.10. The molecule has 9 nitrogen and oxygen atoms in total. The van der Waals surface area contributed by atoms with Gasteiger partial charge in [-0.3, -0.25) is 9.59 Å². The van der Waals surface area contributed by atoms with Crippen molar-refractivity contribution >= 4 is 21.7 Å². The summed E-state index contributed by atoms with van der Waals surface area (Å²) in [4.78, 5) is 33.9. The third-order valence-electron chi connectivity index (χ3n) is 6.13. The van der Waals surface area contributed by atoms with Crippen LogP contribution < -0.4 is 19.9 Å². The Kier molecular flexibility index (Phi) is 6.42. The lowest BCUT2D eigenvalue weighted by Gasteiger charge is -2.34. The zero-order chi connectivity index (χ0) is 25.4. The van der Waals surface area contributed by atoms with E-state index < -0.39 is 26.4 Å². The number of H-pyrrole nitrogens is 1. The molecule has 184 valence electrons. The van der Waals surface area contributed by atoms with Crippen molar-refractivity contribution in [1.82, 2.24) is 14.7 Å². The number of carbonyl (C=O) groups excluding carboxylic acids is 1. The van der Waals surface area contributed by atoms with Crippen molar-refractivity contribution in [3.05, 3.63) is 70.6 Å². The fourth-order valence-electron chi connectivity index (χ4n) is 4.65. The molecule has 10 heteroatoms. The number of carbonyl (C=O) groups is 1. The minimum Gasteiger partial charge on any atom is -0.496 e. The minimum absolute atomic E-state index is 0.0988. The number of hydrogen-bond donors (Lipinski definition) is 2. The Hall–Kier alpha value is -3.66. The Morgan fingerprint density at radius 1 is 1.17 bits per heavy atom.